The summed E-state index contributed by atoms with van der Waals surface area (Å²) in [5.74, 6) is 0.349. The summed E-state index contributed by atoms with van der Waals surface area (Å²) in [5, 5.41) is 12.7. The number of halogens is 1. The van der Waals surface area contributed by atoms with E-state index < -0.39 is 7.12 Å². The molecule has 1 aliphatic heterocycles. The van der Waals surface area contributed by atoms with Crippen LogP contribution < -0.4 is 15.7 Å². The Bertz CT molecular complexity index is 714. The minimum Gasteiger partial charge on any atom is -0.423 e. The summed E-state index contributed by atoms with van der Waals surface area (Å²) in [7, 11) is -0.940. The topological polar surface area (TPSA) is 61.8 Å². The summed E-state index contributed by atoms with van der Waals surface area (Å²) in [4.78, 5) is 14.2. The van der Waals surface area contributed by atoms with Gasteiger partial charge in [-0.2, -0.15) is 0 Å². The number of rotatable bonds is 5. The van der Waals surface area contributed by atoms with Crippen molar-refractivity contribution in [3.8, 4) is 0 Å². The van der Waals surface area contributed by atoms with Crippen LogP contribution in [0.15, 0.2) is 48.5 Å². The molecule has 0 aromatic heterocycles. The van der Waals surface area contributed by atoms with Crippen LogP contribution in [0.2, 0.25) is 0 Å². The number of nitrogens with zero attached hydrogens (tertiary/aromatic N) is 1. The van der Waals surface area contributed by atoms with E-state index in [2.05, 4.69) is 5.32 Å². The van der Waals surface area contributed by atoms with E-state index in [1.54, 1.807) is 11.0 Å². The van der Waals surface area contributed by atoms with E-state index in [9.17, 15) is 9.82 Å². The van der Waals surface area contributed by atoms with Crippen molar-refractivity contribution in [1.82, 2.24) is 5.32 Å². The third-order valence-corrected chi connectivity index (χ3v) is 4.09. The number of benzene rings is 2. The smallest absolute Gasteiger partial charge is 0.423 e. The lowest BCUT2D eigenvalue weighted by Crippen LogP contribution is -2.41. The lowest BCUT2D eigenvalue weighted by Gasteiger charge is -2.24. The van der Waals surface area contributed by atoms with Gasteiger partial charge in [-0.1, -0.05) is 36.4 Å². The zero-order valence-electron chi connectivity index (χ0n) is 13.1. The van der Waals surface area contributed by atoms with Gasteiger partial charge in [0.25, 0.3) is 0 Å². The molecule has 2 amide bonds. The minimum absolute atomic E-state index is 0.229. The van der Waals surface area contributed by atoms with Crippen LogP contribution in [0.4, 0.5) is 10.5 Å². The van der Waals surface area contributed by atoms with Crippen LogP contribution in [-0.2, 0) is 17.8 Å². The Labute approximate surface area is 146 Å². The summed E-state index contributed by atoms with van der Waals surface area (Å²) in [6, 6.07) is 15.1. The number of hydrogen-bond acceptors (Lipinski definition) is 3. The molecule has 0 atom stereocenters. The molecule has 0 aliphatic carbocycles. The molecule has 1 aliphatic rings. The van der Waals surface area contributed by atoms with Crippen molar-refractivity contribution in [2.45, 2.75) is 13.2 Å². The quantitative estimate of drug-likeness (QED) is 0.643. The minimum atomic E-state index is -0.940. The predicted octanol–water partition coefficient (Wildman–Crippen LogP) is 1.86. The molecule has 2 aromatic carbocycles. The van der Waals surface area contributed by atoms with Crippen molar-refractivity contribution in [3.05, 3.63) is 59.7 Å². The number of alkyl halides is 1. The van der Waals surface area contributed by atoms with E-state index in [-0.39, 0.29) is 6.03 Å². The van der Waals surface area contributed by atoms with Gasteiger partial charge in [0.1, 0.15) is 0 Å². The number of carbonyl (C=O) groups excluding carboxylic acids is 1. The molecule has 0 spiro atoms. The van der Waals surface area contributed by atoms with Gasteiger partial charge in [-0.05, 0) is 28.7 Å². The van der Waals surface area contributed by atoms with Gasteiger partial charge in [-0.3, -0.25) is 4.90 Å². The molecule has 0 unspecified atom stereocenters. The Hall–Kier alpha value is -2.02. The predicted molar refractivity (Wildman–Crippen MR) is 95.6 cm³/mol. The highest BCUT2D eigenvalue weighted by atomic mass is 35.5. The second-order valence-corrected chi connectivity index (χ2v) is 5.92. The Morgan fingerprint density at radius 2 is 2.08 bits per heavy atom. The van der Waals surface area contributed by atoms with Crippen LogP contribution in [0.5, 0.6) is 0 Å². The van der Waals surface area contributed by atoms with E-state index in [1.807, 2.05) is 42.5 Å². The van der Waals surface area contributed by atoms with Gasteiger partial charge < -0.3 is 15.0 Å². The van der Waals surface area contributed by atoms with Gasteiger partial charge >= 0.3 is 13.1 Å². The van der Waals surface area contributed by atoms with E-state index in [0.29, 0.717) is 36.7 Å². The van der Waals surface area contributed by atoms with Gasteiger partial charge in [0.2, 0.25) is 0 Å². The van der Waals surface area contributed by atoms with E-state index >= 15 is 0 Å². The average molecular weight is 345 g/mol. The standard InChI is InChI=1S/C17H18BClN2O3/c19-8-9-20-17(22)21(11-13-4-2-1-3-5-13)15-7-6-14-12-24-18(23)16(14)10-15/h1-7,10,23H,8-9,11-12H2,(H,20,22). The second-order valence-electron chi connectivity index (χ2n) is 5.54. The lowest BCUT2D eigenvalue weighted by atomic mass is 9.79. The van der Waals surface area contributed by atoms with Crippen LogP contribution in [0, 0.1) is 0 Å². The molecule has 0 fully saturated rings. The number of hydrogen-bond donors (Lipinski definition) is 2. The first-order chi connectivity index (χ1) is 11.7. The Morgan fingerprint density at radius 3 is 2.83 bits per heavy atom. The van der Waals surface area contributed by atoms with Crippen molar-refractivity contribution in [3.63, 3.8) is 0 Å². The zero-order valence-corrected chi connectivity index (χ0v) is 13.9. The van der Waals surface area contributed by atoms with Crippen LogP contribution in [0.3, 0.4) is 0 Å². The summed E-state index contributed by atoms with van der Waals surface area (Å²) >= 11 is 5.67. The molecule has 24 heavy (non-hydrogen) atoms. The van der Waals surface area contributed by atoms with E-state index in [4.69, 9.17) is 16.3 Å². The molecule has 1 heterocycles. The average Bonchev–Trinajstić information content (AvgIpc) is 2.99. The fourth-order valence-corrected chi connectivity index (χ4v) is 2.76. The Morgan fingerprint density at radius 1 is 1.29 bits per heavy atom. The highest BCUT2D eigenvalue weighted by Crippen LogP contribution is 2.20. The summed E-state index contributed by atoms with van der Waals surface area (Å²) < 4.78 is 5.22. The Kier molecular flexibility index (Phi) is 5.40. The van der Waals surface area contributed by atoms with Crippen molar-refractivity contribution < 1.29 is 14.5 Å². The molecular weight excluding hydrogens is 326 g/mol. The summed E-state index contributed by atoms with van der Waals surface area (Å²) in [5.41, 5.74) is 3.35. The van der Waals surface area contributed by atoms with Gasteiger partial charge in [0.15, 0.2) is 0 Å². The molecule has 7 heteroatoms. The maximum absolute atomic E-state index is 12.6. The fourth-order valence-electron chi connectivity index (χ4n) is 2.67. The molecule has 0 saturated heterocycles. The molecule has 0 radical (unpaired) electrons. The van der Waals surface area contributed by atoms with Gasteiger partial charge in [-0.15, -0.1) is 11.6 Å². The highest BCUT2D eigenvalue weighted by molar-refractivity contribution is 6.61. The first kappa shape index (κ1) is 16.8. The van der Waals surface area contributed by atoms with Gasteiger partial charge in [0, 0.05) is 18.1 Å². The van der Waals surface area contributed by atoms with Crippen LogP contribution in [0.1, 0.15) is 11.1 Å². The van der Waals surface area contributed by atoms with Gasteiger partial charge in [0.05, 0.1) is 13.2 Å². The number of fused-ring (bicyclic) bond motifs is 1. The summed E-state index contributed by atoms with van der Waals surface area (Å²) in [6.45, 7) is 1.20. The number of urea groups is 1. The van der Waals surface area contributed by atoms with Crippen molar-refractivity contribution in [1.29, 1.82) is 0 Å². The van der Waals surface area contributed by atoms with Crippen molar-refractivity contribution >= 4 is 35.9 Å². The molecular formula is C17H18BClN2O3. The van der Waals surface area contributed by atoms with Crippen molar-refractivity contribution in [2.24, 2.45) is 0 Å². The molecule has 0 saturated carbocycles. The lowest BCUT2D eigenvalue weighted by molar-refractivity contribution is 0.246. The molecule has 2 aromatic rings. The monoisotopic (exact) mass is 344 g/mol. The maximum Gasteiger partial charge on any atom is 0.491 e. The second kappa shape index (κ2) is 7.70. The Balaban J connectivity index is 1.89. The SMILES string of the molecule is O=C(NCCCl)N(Cc1ccccc1)c1ccc2c(c1)B(O)OC2. The van der Waals surface area contributed by atoms with Crippen molar-refractivity contribution in [2.75, 3.05) is 17.3 Å². The fraction of sp³-hybridized carbons (Fsp3) is 0.235. The third kappa shape index (κ3) is 3.72. The zero-order chi connectivity index (χ0) is 16.9. The number of anilines is 1. The first-order valence-electron chi connectivity index (χ1n) is 7.77. The molecule has 2 N–H and O–H groups in total. The maximum atomic E-state index is 12.6. The largest absolute Gasteiger partial charge is 0.491 e. The molecule has 124 valence electrons. The summed E-state index contributed by atoms with van der Waals surface area (Å²) in [6.07, 6.45) is 0. The van der Waals surface area contributed by atoms with Crippen LogP contribution in [-0.4, -0.2) is 30.6 Å². The highest BCUT2D eigenvalue weighted by Gasteiger charge is 2.28. The van der Waals surface area contributed by atoms with Crippen LogP contribution in [0.25, 0.3) is 0 Å². The van der Waals surface area contributed by atoms with Gasteiger partial charge in [-0.25, -0.2) is 4.79 Å². The van der Waals surface area contributed by atoms with Crippen LogP contribution >= 0.6 is 11.6 Å². The first-order valence-corrected chi connectivity index (χ1v) is 8.30. The number of amides is 2. The molecule has 3 rings (SSSR count). The third-order valence-electron chi connectivity index (χ3n) is 3.90. The molecule has 0 bridgehead atoms. The van der Waals surface area contributed by atoms with E-state index in [1.165, 1.54) is 0 Å². The normalized spacial score (nSPS) is 12.8. The number of carbonyl (C=O) groups is 1. The van der Waals surface area contributed by atoms with E-state index in [0.717, 1.165) is 11.1 Å². The number of nitrogens with one attached hydrogen (secondary N) is 1. The molecule has 5 nitrogen and oxygen atoms in total.